The number of aromatic amines is 1. The molecule has 25 heavy (non-hydrogen) atoms. The minimum absolute atomic E-state index is 0.157. The van der Waals surface area contributed by atoms with Crippen LogP contribution in [0.2, 0.25) is 0 Å². The number of fused-ring (bicyclic) bond motifs is 1. The van der Waals surface area contributed by atoms with Crippen molar-refractivity contribution in [3.05, 3.63) is 48.0 Å². The average molecular weight is 352 g/mol. The van der Waals surface area contributed by atoms with Crippen molar-refractivity contribution >= 4 is 34.4 Å². The van der Waals surface area contributed by atoms with Crippen molar-refractivity contribution in [2.75, 3.05) is 17.7 Å². The van der Waals surface area contributed by atoms with E-state index in [4.69, 9.17) is 10.00 Å². The third-order valence-electron chi connectivity index (χ3n) is 3.36. The van der Waals surface area contributed by atoms with E-state index >= 15 is 0 Å². The smallest absolute Gasteiger partial charge is 0.234 e. The summed E-state index contributed by atoms with van der Waals surface area (Å²) < 4.78 is 5.47. The number of nitriles is 1. The number of amides is 1. The second kappa shape index (κ2) is 7.73. The summed E-state index contributed by atoms with van der Waals surface area (Å²) in [5.74, 6) is 0.843. The Balaban J connectivity index is 1.61. The molecule has 0 atom stereocenters. The summed E-state index contributed by atoms with van der Waals surface area (Å²) in [6.45, 7) is 2.54. The summed E-state index contributed by atoms with van der Waals surface area (Å²) in [7, 11) is 0. The molecule has 0 spiro atoms. The summed E-state index contributed by atoms with van der Waals surface area (Å²) in [4.78, 5) is 19.7. The van der Waals surface area contributed by atoms with E-state index in [0.29, 0.717) is 23.0 Å². The molecule has 1 aromatic heterocycles. The van der Waals surface area contributed by atoms with Gasteiger partial charge in [-0.3, -0.25) is 4.79 Å². The molecular weight excluding hydrogens is 336 g/mol. The summed E-state index contributed by atoms with van der Waals surface area (Å²) in [6.07, 6.45) is 0. The topological polar surface area (TPSA) is 90.8 Å². The van der Waals surface area contributed by atoms with Gasteiger partial charge in [0.15, 0.2) is 5.16 Å². The zero-order chi connectivity index (χ0) is 17.6. The Hall–Kier alpha value is -2.98. The highest BCUT2D eigenvalue weighted by Crippen LogP contribution is 2.23. The maximum Gasteiger partial charge on any atom is 0.234 e. The van der Waals surface area contributed by atoms with Crippen LogP contribution in [0, 0.1) is 11.3 Å². The highest BCUT2D eigenvalue weighted by molar-refractivity contribution is 7.99. The van der Waals surface area contributed by atoms with Gasteiger partial charge < -0.3 is 15.0 Å². The van der Waals surface area contributed by atoms with Gasteiger partial charge in [-0.15, -0.1) is 0 Å². The third kappa shape index (κ3) is 4.31. The van der Waals surface area contributed by atoms with Gasteiger partial charge in [0.2, 0.25) is 5.91 Å². The molecule has 1 amide bonds. The molecule has 126 valence electrons. The molecule has 0 aliphatic carbocycles. The van der Waals surface area contributed by atoms with E-state index in [-0.39, 0.29) is 11.7 Å². The molecule has 3 aromatic rings. The van der Waals surface area contributed by atoms with Crippen molar-refractivity contribution in [1.29, 1.82) is 5.26 Å². The number of hydrogen-bond acceptors (Lipinski definition) is 5. The Morgan fingerprint density at radius 2 is 2.24 bits per heavy atom. The lowest BCUT2D eigenvalue weighted by Crippen LogP contribution is -2.14. The molecule has 6 nitrogen and oxygen atoms in total. The molecule has 2 aromatic carbocycles. The molecular formula is C18H16N4O2S. The maximum atomic E-state index is 12.1. The number of imidazole rings is 1. The number of benzene rings is 2. The highest BCUT2D eigenvalue weighted by atomic mass is 32.2. The lowest BCUT2D eigenvalue weighted by Gasteiger charge is -2.04. The first-order valence-corrected chi connectivity index (χ1v) is 8.72. The summed E-state index contributed by atoms with van der Waals surface area (Å²) >= 11 is 1.32. The van der Waals surface area contributed by atoms with Crippen LogP contribution in [0.25, 0.3) is 11.0 Å². The lowest BCUT2D eigenvalue weighted by atomic mass is 10.2. The van der Waals surface area contributed by atoms with E-state index in [2.05, 4.69) is 15.3 Å². The molecule has 2 N–H and O–H groups in total. The zero-order valence-electron chi connectivity index (χ0n) is 13.6. The molecule has 1 heterocycles. The minimum Gasteiger partial charge on any atom is -0.494 e. The highest BCUT2D eigenvalue weighted by Gasteiger charge is 2.08. The average Bonchev–Trinajstić information content (AvgIpc) is 3.02. The standard InChI is InChI=1S/C18H16N4O2S/c1-2-24-14-6-7-15-16(9-14)22-18(21-15)25-11-17(23)20-13-5-3-4-12(8-13)10-19/h3-9H,2,11H2,1H3,(H,20,23)(H,21,22). The first-order valence-electron chi connectivity index (χ1n) is 7.73. The van der Waals surface area contributed by atoms with Gasteiger partial charge in [0, 0.05) is 11.8 Å². The molecule has 0 saturated carbocycles. The predicted molar refractivity (Wildman–Crippen MR) is 97.8 cm³/mol. The molecule has 0 aliphatic heterocycles. The van der Waals surface area contributed by atoms with E-state index < -0.39 is 0 Å². The number of H-pyrrole nitrogens is 1. The van der Waals surface area contributed by atoms with Crippen LogP contribution in [0.3, 0.4) is 0 Å². The summed E-state index contributed by atoms with van der Waals surface area (Å²) in [5.41, 5.74) is 2.81. The molecule has 0 bridgehead atoms. The van der Waals surface area contributed by atoms with Crippen LogP contribution in [0.1, 0.15) is 12.5 Å². The van der Waals surface area contributed by atoms with Gasteiger partial charge in [-0.05, 0) is 37.3 Å². The predicted octanol–water partition coefficient (Wildman–Crippen LogP) is 3.56. The van der Waals surface area contributed by atoms with Gasteiger partial charge in [-0.2, -0.15) is 5.26 Å². The van der Waals surface area contributed by atoms with Crippen LogP contribution >= 0.6 is 11.8 Å². The van der Waals surface area contributed by atoms with Crippen LogP contribution in [0.5, 0.6) is 5.75 Å². The van der Waals surface area contributed by atoms with Crippen LogP contribution in [0.15, 0.2) is 47.6 Å². The van der Waals surface area contributed by atoms with Crippen molar-refractivity contribution in [1.82, 2.24) is 9.97 Å². The summed E-state index contributed by atoms with van der Waals surface area (Å²) in [5, 5.41) is 12.3. The van der Waals surface area contributed by atoms with Gasteiger partial charge in [0.25, 0.3) is 0 Å². The second-order valence-electron chi connectivity index (χ2n) is 5.18. The van der Waals surface area contributed by atoms with Gasteiger partial charge in [-0.25, -0.2) is 4.98 Å². The fraction of sp³-hybridized carbons (Fsp3) is 0.167. The largest absolute Gasteiger partial charge is 0.494 e. The Labute approximate surface area is 149 Å². The SMILES string of the molecule is CCOc1ccc2nc(SCC(=O)Nc3cccc(C#N)c3)[nH]c2c1. The van der Waals surface area contributed by atoms with E-state index in [1.807, 2.05) is 31.2 Å². The number of anilines is 1. The van der Waals surface area contributed by atoms with Crippen molar-refractivity contribution in [2.24, 2.45) is 0 Å². The van der Waals surface area contributed by atoms with E-state index in [9.17, 15) is 4.79 Å². The van der Waals surface area contributed by atoms with Crippen molar-refractivity contribution < 1.29 is 9.53 Å². The van der Waals surface area contributed by atoms with Gasteiger partial charge in [-0.1, -0.05) is 17.8 Å². The number of nitrogens with zero attached hydrogens (tertiary/aromatic N) is 2. The van der Waals surface area contributed by atoms with Crippen LogP contribution in [0.4, 0.5) is 5.69 Å². The number of aromatic nitrogens is 2. The first kappa shape index (κ1) is 16.9. The Morgan fingerprint density at radius 1 is 1.36 bits per heavy atom. The first-order chi connectivity index (χ1) is 12.2. The molecule has 0 radical (unpaired) electrons. The second-order valence-corrected chi connectivity index (χ2v) is 6.15. The van der Waals surface area contributed by atoms with E-state index in [1.165, 1.54) is 11.8 Å². The van der Waals surface area contributed by atoms with Gasteiger partial charge >= 0.3 is 0 Å². The monoisotopic (exact) mass is 352 g/mol. The lowest BCUT2D eigenvalue weighted by molar-refractivity contribution is -0.113. The van der Waals surface area contributed by atoms with Crippen molar-refractivity contribution in [2.45, 2.75) is 12.1 Å². The molecule has 7 heteroatoms. The molecule has 3 rings (SSSR count). The van der Waals surface area contributed by atoms with Crippen molar-refractivity contribution in [3.63, 3.8) is 0 Å². The maximum absolute atomic E-state index is 12.1. The molecule has 0 saturated heterocycles. The fourth-order valence-corrected chi connectivity index (χ4v) is 2.97. The van der Waals surface area contributed by atoms with E-state index in [1.54, 1.807) is 24.3 Å². The van der Waals surface area contributed by atoms with E-state index in [0.717, 1.165) is 16.8 Å². The van der Waals surface area contributed by atoms with Gasteiger partial charge in [0.1, 0.15) is 5.75 Å². The Morgan fingerprint density at radius 3 is 3.04 bits per heavy atom. The number of thioether (sulfide) groups is 1. The zero-order valence-corrected chi connectivity index (χ0v) is 14.4. The van der Waals surface area contributed by atoms with Crippen LogP contribution in [-0.4, -0.2) is 28.2 Å². The van der Waals surface area contributed by atoms with Crippen LogP contribution in [-0.2, 0) is 4.79 Å². The number of hydrogen-bond donors (Lipinski definition) is 2. The number of ether oxygens (including phenoxy) is 1. The van der Waals surface area contributed by atoms with Gasteiger partial charge in [0.05, 0.1) is 35.0 Å². The molecule has 0 fully saturated rings. The molecule has 0 aliphatic rings. The Kier molecular flexibility index (Phi) is 5.21. The molecule has 0 unspecified atom stereocenters. The normalized spacial score (nSPS) is 10.4. The summed E-state index contributed by atoms with van der Waals surface area (Å²) in [6, 6.07) is 14.5. The minimum atomic E-state index is -0.157. The Bertz CT molecular complexity index is 946. The number of nitrogens with one attached hydrogen (secondary N) is 2. The number of carbonyl (C=O) groups excluding carboxylic acids is 1. The fourth-order valence-electron chi connectivity index (χ4n) is 2.29. The number of carbonyl (C=O) groups is 1. The van der Waals surface area contributed by atoms with Crippen LogP contribution < -0.4 is 10.1 Å². The number of rotatable bonds is 6. The van der Waals surface area contributed by atoms with Crippen molar-refractivity contribution in [3.8, 4) is 11.8 Å². The quantitative estimate of drug-likeness (QED) is 0.662. The third-order valence-corrected chi connectivity index (χ3v) is 4.23.